The molecule has 0 amide bonds. The summed E-state index contributed by atoms with van der Waals surface area (Å²) in [7, 11) is 0. The predicted octanol–water partition coefficient (Wildman–Crippen LogP) is 4.19. The molecule has 102 valence electrons. The molecule has 0 fully saturated rings. The number of halogens is 3. The molecule has 0 aliphatic heterocycles. The second-order valence-electron chi connectivity index (χ2n) is 4.59. The Balaban J connectivity index is 3.08. The van der Waals surface area contributed by atoms with Gasteiger partial charge in [0.15, 0.2) is 11.6 Å². The molecule has 2 unspecified atom stereocenters. The Kier molecular flexibility index (Phi) is 5.66. The van der Waals surface area contributed by atoms with Crippen LogP contribution in [0.5, 0.6) is 0 Å². The summed E-state index contributed by atoms with van der Waals surface area (Å²) in [6.45, 7) is 6.58. The lowest BCUT2D eigenvalue weighted by atomic mass is 9.90. The zero-order chi connectivity index (χ0) is 13.7. The maximum Gasteiger partial charge on any atom is 0.161 e. The largest absolute Gasteiger partial charge is 0.310 e. The average molecular weight is 259 g/mol. The van der Waals surface area contributed by atoms with Crippen molar-refractivity contribution in [1.82, 2.24) is 5.32 Å². The van der Waals surface area contributed by atoms with E-state index < -0.39 is 17.5 Å². The molecule has 0 aromatic heterocycles. The first-order valence-corrected chi connectivity index (χ1v) is 6.39. The van der Waals surface area contributed by atoms with Gasteiger partial charge in [-0.1, -0.05) is 27.2 Å². The van der Waals surface area contributed by atoms with Crippen molar-refractivity contribution in [2.45, 2.75) is 39.7 Å². The van der Waals surface area contributed by atoms with E-state index in [-0.39, 0.29) is 17.5 Å². The fraction of sp³-hybridized carbons (Fsp3) is 0.571. The van der Waals surface area contributed by atoms with Gasteiger partial charge in [0.1, 0.15) is 5.82 Å². The minimum Gasteiger partial charge on any atom is -0.310 e. The first-order valence-electron chi connectivity index (χ1n) is 6.39. The number of hydrogen-bond acceptors (Lipinski definition) is 1. The average Bonchev–Trinajstić information content (AvgIpc) is 2.31. The van der Waals surface area contributed by atoms with Crippen LogP contribution in [0.2, 0.25) is 0 Å². The van der Waals surface area contributed by atoms with E-state index in [0.29, 0.717) is 12.6 Å². The summed E-state index contributed by atoms with van der Waals surface area (Å²) in [5.41, 5.74) is 0.205. The molecule has 0 aliphatic rings. The molecule has 0 heterocycles. The first-order chi connectivity index (χ1) is 8.51. The minimum atomic E-state index is -1.14. The third kappa shape index (κ3) is 3.48. The van der Waals surface area contributed by atoms with Gasteiger partial charge in [0.25, 0.3) is 0 Å². The van der Waals surface area contributed by atoms with Crippen LogP contribution >= 0.6 is 0 Å². The number of nitrogens with one attached hydrogen (secondary N) is 1. The molecule has 0 spiro atoms. The number of hydrogen-bond donors (Lipinski definition) is 1. The smallest absolute Gasteiger partial charge is 0.161 e. The van der Waals surface area contributed by atoms with Crippen molar-refractivity contribution in [1.29, 1.82) is 0 Å². The second kappa shape index (κ2) is 6.78. The number of rotatable bonds is 6. The van der Waals surface area contributed by atoms with Crippen LogP contribution in [0, 0.1) is 23.4 Å². The van der Waals surface area contributed by atoms with Gasteiger partial charge >= 0.3 is 0 Å². The van der Waals surface area contributed by atoms with E-state index in [2.05, 4.69) is 5.32 Å². The monoisotopic (exact) mass is 259 g/mol. The summed E-state index contributed by atoms with van der Waals surface area (Å²) >= 11 is 0. The molecule has 0 bridgehead atoms. The molecule has 1 nitrogen and oxygen atoms in total. The standard InChI is InChI=1S/C14H20F3N/c1-4-6-9(3)14(18-5-2)10-7-12(16)13(17)8-11(10)15/h7-9,14,18H,4-6H2,1-3H3. The Morgan fingerprint density at radius 1 is 1.06 bits per heavy atom. The van der Waals surface area contributed by atoms with Gasteiger partial charge in [-0.25, -0.2) is 13.2 Å². The maximum atomic E-state index is 13.8. The van der Waals surface area contributed by atoms with Crippen LogP contribution in [-0.4, -0.2) is 6.54 Å². The Morgan fingerprint density at radius 3 is 2.22 bits per heavy atom. The van der Waals surface area contributed by atoms with Crippen molar-refractivity contribution < 1.29 is 13.2 Å². The molecule has 0 saturated carbocycles. The van der Waals surface area contributed by atoms with Crippen LogP contribution < -0.4 is 5.32 Å². The minimum absolute atomic E-state index is 0.161. The molecule has 1 N–H and O–H groups in total. The highest BCUT2D eigenvalue weighted by molar-refractivity contribution is 5.24. The lowest BCUT2D eigenvalue weighted by molar-refractivity contribution is 0.355. The van der Waals surface area contributed by atoms with Crippen LogP contribution in [0.25, 0.3) is 0 Å². The van der Waals surface area contributed by atoms with Crippen molar-refractivity contribution in [3.8, 4) is 0 Å². The van der Waals surface area contributed by atoms with E-state index in [1.54, 1.807) is 0 Å². The molecule has 0 radical (unpaired) electrons. The molecule has 1 aromatic rings. The Morgan fingerprint density at radius 2 is 1.67 bits per heavy atom. The van der Waals surface area contributed by atoms with E-state index in [9.17, 15) is 13.2 Å². The van der Waals surface area contributed by atoms with Crippen LogP contribution in [0.4, 0.5) is 13.2 Å². The fourth-order valence-corrected chi connectivity index (χ4v) is 2.24. The van der Waals surface area contributed by atoms with Crippen LogP contribution in [0.3, 0.4) is 0 Å². The van der Waals surface area contributed by atoms with Gasteiger partial charge in [-0.3, -0.25) is 0 Å². The highest BCUT2D eigenvalue weighted by Crippen LogP contribution is 2.28. The lowest BCUT2D eigenvalue weighted by Crippen LogP contribution is -2.28. The van der Waals surface area contributed by atoms with Crippen molar-refractivity contribution in [3.63, 3.8) is 0 Å². The molecular weight excluding hydrogens is 239 g/mol. The Labute approximate surface area is 106 Å². The molecule has 0 saturated heterocycles. The summed E-state index contributed by atoms with van der Waals surface area (Å²) in [6, 6.07) is 1.29. The van der Waals surface area contributed by atoms with Crippen molar-refractivity contribution in [3.05, 3.63) is 35.1 Å². The predicted molar refractivity (Wildman–Crippen MR) is 66.8 cm³/mol. The SMILES string of the molecule is CCCC(C)C(NCC)c1cc(F)c(F)cc1F. The van der Waals surface area contributed by atoms with E-state index in [4.69, 9.17) is 0 Å². The highest BCUT2D eigenvalue weighted by Gasteiger charge is 2.22. The fourth-order valence-electron chi connectivity index (χ4n) is 2.24. The van der Waals surface area contributed by atoms with Crippen molar-refractivity contribution in [2.75, 3.05) is 6.54 Å². The van der Waals surface area contributed by atoms with Gasteiger partial charge in [0, 0.05) is 17.7 Å². The van der Waals surface area contributed by atoms with E-state index >= 15 is 0 Å². The van der Waals surface area contributed by atoms with E-state index in [1.807, 2.05) is 20.8 Å². The normalized spacial score (nSPS) is 14.6. The highest BCUT2D eigenvalue weighted by atomic mass is 19.2. The maximum absolute atomic E-state index is 13.8. The van der Waals surface area contributed by atoms with Gasteiger partial charge in [0.2, 0.25) is 0 Å². The molecule has 4 heteroatoms. The molecular formula is C14H20F3N. The quantitative estimate of drug-likeness (QED) is 0.755. The number of benzene rings is 1. The Hall–Kier alpha value is -1.03. The van der Waals surface area contributed by atoms with Crippen LogP contribution in [0.15, 0.2) is 12.1 Å². The van der Waals surface area contributed by atoms with Gasteiger partial charge in [-0.05, 0) is 24.9 Å². The molecule has 1 aromatic carbocycles. The van der Waals surface area contributed by atoms with E-state index in [0.717, 1.165) is 18.9 Å². The second-order valence-corrected chi connectivity index (χ2v) is 4.59. The van der Waals surface area contributed by atoms with Gasteiger partial charge in [-0.15, -0.1) is 0 Å². The third-order valence-electron chi connectivity index (χ3n) is 3.11. The third-order valence-corrected chi connectivity index (χ3v) is 3.11. The van der Waals surface area contributed by atoms with Crippen molar-refractivity contribution >= 4 is 0 Å². The summed E-state index contributed by atoms with van der Waals surface area (Å²) in [4.78, 5) is 0. The molecule has 0 aliphatic carbocycles. The van der Waals surface area contributed by atoms with Gasteiger partial charge in [0.05, 0.1) is 0 Å². The topological polar surface area (TPSA) is 12.0 Å². The van der Waals surface area contributed by atoms with Gasteiger partial charge in [-0.2, -0.15) is 0 Å². The summed E-state index contributed by atoms with van der Waals surface area (Å²) in [6.07, 6.45) is 1.87. The molecule has 2 atom stereocenters. The zero-order valence-corrected chi connectivity index (χ0v) is 11.1. The first kappa shape index (κ1) is 15.0. The summed E-state index contributed by atoms with van der Waals surface area (Å²) in [5, 5.41) is 3.14. The lowest BCUT2D eigenvalue weighted by Gasteiger charge is -2.25. The van der Waals surface area contributed by atoms with Crippen LogP contribution in [0.1, 0.15) is 45.2 Å². The molecule has 1 rings (SSSR count). The zero-order valence-electron chi connectivity index (χ0n) is 11.1. The summed E-state index contributed by atoms with van der Waals surface area (Å²) in [5.74, 6) is -2.68. The summed E-state index contributed by atoms with van der Waals surface area (Å²) < 4.78 is 39.9. The Bertz CT molecular complexity index is 393. The van der Waals surface area contributed by atoms with Crippen molar-refractivity contribution in [2.24, 2.45) is 5.92 Å². The van der Waals surface area contributed by atoms with Gasteiger partial charge < -0.3 is 5.32 Å². The molecule has 18 heavy (non-hydrogen) atoms. The van der Waals surface area contributed by atoms with Crippen LogP contribution in [-0.2, 0) is 0 Å². The van der Waals surface area contributed by atoms with E-state index in [1.165, 1.54) is 0 Å².